The number of anilines is 1. The van der Waals surface area contributed by atoms with Gasteiger partial charge in [0, 0.05) is 10.0 Å². The molecule has 0 bridgehead atoms. The molecule has 0 aliphatic rings. The number of rotatable bonds is 3. The zero-order valence-corrected chi connectivity index (χ0v) is 15.2. The first-order valence-electron chi connectivity index (χ1n) is 6.70. The van der Waals surface area contributed by atoms with Crippen molar-refractivity contribution in [2.24, 2.45) is 0 Å². The van der Waals surface area contributed by atoms with Crippen LogP contribution in [-0.4, -0.2) is 16.1 Å². The molecular formula is C16H11BrClN3OS. The van der Waals surface area contributed by atoms with Crippen LogP contribution in [0.3, 0.4) is 0 Å². The lowest BCUT2D eigenvalue weighted by atomic mass is 10.2. The van der Waals surface area contributed by atoms with Gasteiger partial charge >= 0.3 is 0 Å². The van der Waals surface area contributed by atoms with Gasteiger partial charge in [-0.2, -0.15) is 0 Å². The van der Waals surface area contributed by atoms with Crippen LogP contribution in [0.25, 0.3) is 10.6 Å². The lowest BCUT2D eigenvalue weighted by Gasteiger charge is -2.04. The highest BCUT2D eigenvalue weighted by molar-refractivity contribution is 9.10. The molecule has 1 amide bonds. The van der Waals surface area contributed by atoms with E-state index in [4.69, 9.17) is 11.6 Å². The molecule has 0 aliphatic heterocycles. The van der Waals surface area contributed by atoms with Gasteiger partial charge in [-0.3, -0.25) is 10.1 Å². The highest BCUT2D eigenvalue weighted by Crippen LogP contribution is 2.28. The minimum absolute atomic E-state index is 0.317. The zero-order valence-electron chi connectivity index (χ0n) is 12.0. The normalized spacial score (nSPS) is 10.6. The summed E-state index contributed by atoms with van der Waals surface area (Å²) in [7, 11) is 0. The summed E-state index contributed by atoms with van der Waals surface area (Å²) < 4.78 is 0.782. The highest BCUT2D eigenvalue weighted by atomic mass is 79.9. The minimum Gasteiger partial charge on any atom is -0.296 e. The molecule has 4 nitrogen and oxygen atoms in total. The molecule has 0 aliphatic carbocycles. The van der Waals surface area contributed by atoms with Crippen LogP contribution >= 0.6 is 38.9 Å². The average molecular weight is 409 g/mol. The fourth-order valence-corrected chi connectivity index (χ4v) is 3.23. The molecule has 1 aromatic heterocycles. The summed E-state index contributed by atoms with van der Waals surface area (Å²) in [5.41, 5.74) is 2.53. The second-order valence-electron chi connectivity index (χ2n) is 4.86. The van der Waals surface area contributed by atoms with Crippen molar-refractivity contribution >= 4 is 49.9 Å². The SMILES string of the molecule is Cc1ccc(-c2nnc(NC(=O)c3cc(Br)ccc3Cl)s2)cc1. The summed E-state index contributed by atoms with van der Waals surface area (Å²) >= 11 is 10.7. The Bertz CT molecular complexity index is 864. The number of hydrogen-bond acceptors (Lipinski definition) is 4. The molecule has 0 saturated carbocycles. The third-order valence-corrected chi connectivity index (χ3v) is 4.83. The molecule has 0 spiro atoms. The first-order valence-corrected chi connectivity index (χ1v) is 8.68. The van der Waals surface area contributed by atoms with Crippen molar-refractivity contribution in [3.8, 4) is 10.6 Å². The molecule has 7 heteroatoms. The van der Waals surface area contributed by atoms with E-state index in [1.54, 1.807) is 18.2 Å². The van der Waals surface area contributed by atoms with E-state index in [2.05, 4.69) is 31.4 Å². The second-order valence-corrected chi connectivity index (χ2v) is 7.16. The predicted octanol–water partition coefficient (Wildman–Crippen LogP) is 5.18. The fraction of sp³-hybridized carbons (Fsp3) is 0.0625. The first kappa shape index (κ1) is 16.1. The number of halogens is 2. The first-order chi connectivity index (χ1) is 11.0. The summed E-state index contributed by atoms with van der Waals surface area (Å²) in [4.78, 5) is 12.3. The van der Waals surface area contributed by atoms with Crippen molar-refractivity contribution in [1.29, 1.82) is 0 Å². The maximum Gasteiger partial charge on any atom is 0.259 e. The van der Waals surface area contributed by atoms with E-state index < -0.39 is 0 Å². The Kier molecular flexibility index (Phi) is 4.75. The van der Waals surface area contributed by atoms with Gasteiger partial charge in [-0.05, 0) is 25.1 Å². The van der Waals surface area contributed by atoms with Gasteiger partial charge in [0.05, 0.1) is 10.6 Å². The predicted molar refractivity (Wildman–Crippen MR) is 97.2 cm³/mol. The molecule has 0 fully saturated rings. The molecule has 116 valence electrons. The summed E-state index contributed by atoms with van der Waals surface area (Å²) in [5.74, 6) is -0.317. The smallest absolute Gasteiger partial charge is 0.259 e. The Balaban J connectivity index is 1.80. The van der Waals surface area contributed by atoms with Crippen molar-refractivity contribution in [3.05, 3.63) is 63.1 Å². The van der Waals surface area contributed by atoms with Crippen molar-refractivity contribution in [3.63, 3.8) is 0 Å². The summed E-state index contributed by atoms with van der Waals surface area (Å²) in [6.07, 6.45) is 0. The van der Waals surface area contributed by atoms with Crippen LogP contribution in [0, 0.1) is 6.92 Å². The third kappa shape index (κ3) is 3.77. The molecule has 2 aromatic carbocycles. The van der Waals surface area contributed by atoms with Gasteiger partial charge in [-0.15, -0.1) is 10.2 Å². The standard InChI is InChI=1S/C16H11BrClN3OS/c1-9-2-4-10(5-3-9)15-20-21-16(23-15)19-14(22)12-8-11(17)6-7-13(12)18/h2-8H,1H3,(H,19,21,22). The van der Waals surface area contributed by atoms with E-state index in [-0.39, 0.29) is 5.91 Å². The van der Waals surface area contributed by atoms with Crippen LogP contribution in [0.1, 0.15) is 15.9 Å². The molecule has 0 saturated heterocycles. The maximum atomic E-state index is 12.3. The van der Waals surface area contributed by atoms with Gasteiger partial charge < -0.3 is 0 Å². The van der Waals surface area contributed by atoms with Crippen LogP contribution in [0.5, 0.6) is 0 Å². The number of carbonyl (C=O) groups excluding carboxylic acids is 1. The maximum absolute atomic E-state index is 12.3. The Morgan fingerprint density at radius 3 is 2.65 bits per heavy atom. The van der Waals surface area contributed by atoms with Crippen LogP contribution < -0.4 is 5.32 Å². The van der Waals surface area contributed by atoms with Gasteiger partial charge in [0.2, 0.25) is 5.13 Å². The third-order valence-electron chi connectivity index (χ3n) is 3.12. The van der Waals surface area contributed by atoms with E-state index in [0.717, 1.165) is 15.0 Å². The van der Waals surface area contributed by atoms with Gasteiger partial charge in [-0.25, -0.2) is 0 Å². The minimum atomic E-state index is -0.317. The number of hydrogen-bond donors (Lipinski definition) is 1. The van der Waals surface area contributed by atoms with E-state index in [0.29, 0.717) is 15.7 Å². The highest BCUT2D eigenvalue weighted by Gasteiger charge is 2.14. The van der Waals surface area contributed by atoms with E-state index >= 15 is 0 Å². The Morgan fingerprint density at radius 2 is 1.91 bits per heavy atom. The molecular weight excluding hydrogens is 398 g/mol. The fourth-order valence-electron chi connectivity index (χ4n) is 1.92. The number of nitrogens with zero attached hydrogens (tertiary/aromatic N) is 2. The van der Waals surface area contributed by atoms with Gasteiger partial charge in [0.15, 0.2) is 0 Å². The molecule has 0 atom stereocenters. The monoisotopic (exact) mass is 407 g/mol. The van der Waals surface area contributed by atoms with Gasteiger partial charge in [-0.1, -0.05) is 68.7 Å². The van der Waals surface area contributed by atoms with Crippen LogP contribution in [0.4, 0.5) is 5.13 Å². The molecule has 0 radical (unpaired) electrons. The summed E-state index contributed by atoms with van der Waals surface area (Å²) in [5, 5.41) is 12.4. The number of amides is 1. The molecule has 1 heterocycles. The lowest BCUT2D eigenvalue weighted by molar-refractivity contribution is 0.102. The average Bonchev–Trinajstić information content (AvgIpc) is 2.99. The van der Waals surface area contributed by atoms with Crippen LogP contribution in [-0.2, 0) is 0 Å². The van der Waals surface area contributed by atoms with Gasteiger partial charge in [0.1, 0.15) is 5.01 Å². The Labute approximate surface area is 150 Å². The molecule has 1 N–H and O–H groups in total. The Morgan fingerprint density at radius 1 is 1.17 bits per heavy atom. The molecule has 3 aromatic rings. The van der Waals surface area contributed by atoms with Gasteiger partial charge in [0.25, 0.3) is 5.91 Å². The number of benzene rings is 2. The van der Waals surface area contributed by atoms with Crippen LogP contribution in [0.15, 0.2) is 46.9 Å². The largest absolute Gasteiger partial charge is 0.296 e. The van der Waals surface area contributed by atoms with Crippen molar-refractivity contribution in [2.75, 3.05) is 5.32 Å². The van der Waals surface area contributed by atoms with Crippen molar-refractivity contribution < 1.29 is 4.79 Å². The number of carbonyl (C=O) groups is 1. The van der Waals surface area contributed by atoms with E-state index in [1.807, 2.05) is 31.2 Å². The van der Waals surface area contributed by atoms with Crippen LogP contribution in [0.2, 0.25) is 5.02 Å². The quantitative estimate of drug-likeness (QED) is 0.649. The number of nitrogens with one attached hydrogen (secondary N) is 1. The summed E-state index contributed by atoms with van der Waals surface area (Å²) in [6.45, 7) is 2.03. The zero-order chi connectivity index (χ0) is 16.4. The Hall–Kier alpha value is -1.76. The number of aryl methyl sites for hydroxylation is 1. The second kappa shape index (κ2) is 6.78. The number of aromatic nitrogens is 2. The van der Waals surface area contributed by atoms with E-state index in [1.165, 1.54) is 16.9 Å². The topological polar surface area (TPSA) is 54.9 Å². The van der Waals surface area contributed by atoms with Crippen molar-refractivity contribution in [2.45, 2.75) is 6.92 Å². The van der Waals surface area contributed by atoms with E-state index in [9.17, 15) is 4.79 Å². The summed E-state index contributed by atoms with van der Waals surface area (Å²) in [6, 6.07) is 13.1. The molecule has 3 rings (SSSR count). The lowest BCUT2D eigenvalue weighted by Crippen LogP contribution is -2.12. The molecule has 0 unspecified atom stereocenters. The molecule has 23 heavy (non-hydrogen) atoms. The van der Waals surface area contributed by atoms with Crippen molar-refractivity contribution in [1.82, 2.24) is 10.2 Å².